The Bertz CT molecular complexity index is 1090. The minimum atomic E-state index is -0.411. The predicted molar refractivity (Wildman–Crippen MR) is 119 cm³/mol. The lowest BCUT2D eigenvalue weighted by atomic mass is 9.89. The third-order valence-electron chi connectivity index (χ3n) is 4.86. The molecular weight excluding hydrogens is 408 g/mol. The van der Waals surface area contributed by atoms with Crippen LogP contribution in [0.15, 0.2) is 42.0 Å². The molecule has 0 saturated heterocycles. The number of carbonyl (C=O) groups is 1. The third kappa shape index (κ3) is 4.93. The van der Waals surface area contributed by atoms with Gasteiger partial charge in [0.1, 0.15) is 11.4 Å². The van der Waals surface area contributed by atoms with Crippen LogP contribution in [0.3, 0.4) is 0 Å². The molecule has 6 nitrogen and oxygen atoms in total. The molecule has 1 aliphatic carbocycles. The number of hydrogen-bond acceptors (Lipinski definition) is 5. The standard InChI is InChI=1S/C13H16N4O2S.C8H7Cl/c1-7-2-3-8-9(4-7)20-12-11(8)13(19)17(6-15-12)5-10(18)16-14;1-2-7-3-5-8(9)6-4-7/h6-7H,2-5,14H2,1H3,(H,16,18);2-6H,1H2. The van der Waals surface area contributed by atoms with Crippen LogP contribution >= 0.6 is 22.9 Å². The Morgan fingerprint density at radius 2 is 2.17 bits per heavy atom. The Morgan fingerprint density at radius 1 is 1.45 bits per heavy atom. The summed E-state index contributed by atoms with van der Waals surface area (Å²) >= 11 is 7.24. The average Bonchev–Trinajstić information content (AvgIpc) is 3.09. The van der Waals surface area contributed by atoms with Crippen LogP contribution < -0.4 is 16.8 Å². The van der Waals surface area contributed by atoms with E-state index < -0.39 is 5.91 Å². The van der Waals surface area contributed by atoms with Crippen molar-refractivity contribution in [3.05, 3.63) is 68.6 Å². The van der Waals surface area contributed by atoms with Gasteiger partial charge in [-0.2, -0.15) is 0 Å². The maximum Gasteiger partial charge on any atom is 0.262 e. The van der Waals surface area contributed by atoms with Gasteiger partial charge in [-0.3, -0.25) is 19.6 Å². The van der Waals surface area contributed by atoms with Crippen molar-refractivity contribution in [3.8, 4) is 0 Å². The predicted octanol–water partition coefficient (Wildman–Crippen LogP) is 3.56. The summed E-state index contributed by atoms with van der Waals surface area (Å²) in [5.74, 6) is 5.30. The molecule has 0 aliphatic heterocycles. The molecule has 4 rings (SSSR count). The smallest absolute Gasteiger partial charge is 0.262 e. The summed E-state index contributed by atoms with van der Waals surface area (Å²) in [6.07, 6.45) is 6.23. The molecule has 1 atom stereocenters. The zero-order valence-corrected chi connectivity index (χ0v) is 17.7. The molecule has 1 aliphatic rings. The molecule has 0 bridgehead atoms. The number of rotatable bonds is 3. The number of nitrogens with two attached hydrogens (primary N) is 1. The number of nitrogens with zero attached hydrogens (tertiary/aromatic N) is 2. The van der Waals surface area contributed by atoms with Crippen LogP contribution in [0.25, 0.3) is 16.3 Å². The van der Waals surface area contributed by atoms with Gasteiger partial charge >= 0.3 is 0 Å². The maximum absolute atomic E-state index is 12.5. The second-order valence-corrected chi connectivity index (χ2v) is 8.55. The van der Waals surface area contributed by atoms with Crippen molar-refractivity contribution in [1.82, 2.24) is 15.0 Å². The van der Waals surface area contributed by atoms with Crippen molar-refractivity contribution in [1.29, 1.82) is 0 Å². The summed E-state index contributed by atoms with van der Waals surface area (Å²) in [6, 6.07) is 7.54. The number of carbonyl (C=O) groups excluding carboxylic acids is 1. The van der Waals surface area contributed by atoms with Gasteiger partial charge < -0.3 is 0 Å². The van der Waals surface area contributed by atoms with Crippen LogP contribution in [-0.2, 0) is 24.2 Å². The highest BCUT2D eigenvalue weighted by molar-refractivity contribution is 7.18. The molecule has 0 spiro atoms. The lowest BCUT2D eigenvalue weighted by Gasteiger charge is -2.17. The molecule has 3 aromatic rings. The molecule has 1 unspecified atom stereocenters. The fourth-order valence-electron chi connectivity index (χ4n) is 3.28. The summed E-state index contributed by atoms with van der Waals surface area (Å²) in [5.41, 5.74) is 4.10. The molecule has 0 saturated carbocycles. The first-order chi connectivity index (χ1) is 13.9. The van der Waals surface area contributed by atoms with Crippen molar-refractivity contribution in [2.45, 2.75) is 32.7 Å². The van der Waals surface area contributed by atoms with Gasteiger partial charge in [0.15, 0.2) is 0 Å². The largest absolute Gasteiger partial charge is 0.293 e. The summed E-state index contributed by atoms with van der Waals surface area (Å²) in [5, 5.41) is 1.45. The minimum absolute atomic E-state index is 0.0979. The van der Waals surface area contributed by atoms with Crippen LogP contribution in [-0.4, -0.2) is 15.5 Å². The van der Waals surface area contributed by atoms with Gasteiger partial charge in [0.25, 0.3) is 11.5 Å². The van der Waals surface area contributed by atoms with E-state index >= 15 is 0 Å². The number of aryl methyl sites for hydroxylation is 1. The maximum atomic E-state index is 12.5. The zero-order valence-electron chi connectivity index (χ0n) is 16.2. The van der Waals surface area contributed by atoms with E-state index in [-0.39, 0.29) is 12.1 Å². The minimum Gasteiger partial charge on any atom is -0.293 e. The van der Waals surface area contributed by atoms with E-state index in [1.165, 1.54) is 15.8 Å². The van der Waals surface area contributed by atoms with Crippen molar-refractivity contribution in [2.75, 3.05) is 0 Å². The normalized spacial score (nSPS) is 15.2. The average molecular weight is 431 g/mol. The highest BCUT2D eigenvalue weighted by Crippen LogP contribution is 2.35. The first-order valence-corrected chi connectivity index (χ1v) is 10.5. The van der Waals surface area contributed by atoms with Gasteiger partial charge in [0.05, 0.1) is 11.7 Å². The van der Waals surface area contributed by atoms with Gasteiger partial charge in [-0.05, 0) is 48.4 Å². The molecule has 3 N–H and O–H groups in total. The summed E-state index contributed by atoms with van der Waals surface area (Å²) in [7, 11) is 0. The van der Waals surface area contributed by atoms with E-state index in [0.717, 1.165) is 40.2 Å². The van der Waals surface area contributed by atoms with E-state index in [0.29, 0.717) is 11.3 Å². The van der Waals surface area contributed by atoms with E-state index in [1.807, 2.05) is 29.7 Å². The first-order valence-electron chi connectivity index (χ1n) is 9.30. The lowest BCUT2D eigenvalue weighted by Crippen LogP contribution is -2.36. The van der Waals surface area contributed by atoms with Gasteiger partial charge in [-0.25, -0.2) is 10.8 Å². The highest BCUT2D eigenvalue weighted by atomic mass is 35.5. The molecule has 0 radical (unpaired) electrons. The number of hydrazine groups is 1. The van der Waals surface area contributed by atoms with Crippen molar-refractivity contribution >= 4 is 45.1 Å². The van der Waals surface area contributed by atoms with Gasteiger partial charge in [-0.15, -0.1) is 11.3 Å². The number of benzene rings is 1. The van der Waals surface area contributed by atoms with Crippen LogP contribution in [0, 0.1) is 5.92 Å². The zero-order chi connectivity index (χ0) is 21.0. The molecule has 29 heavy (non-hydrogen) atoms. The Labute approximate surface area is 178 Å². The molecule has 8 heteroatoms. The molecule has 2 aromatic heterocycles. The van der Waals surface area contributed by atoms with Crippen LogP contribution in [0.1, 0.15) is 29.3 Å². The molecule has 1 aromatic carbocycles. The van der Waals surface area contributed by atoms with E-state index in [1.54, 1.807) is 17.4 Å². The van der Waals surface area contributed by atoms with Gasteiger partial charge in [0, 0.05) is 9.90 Å². The summed E-state index contributed by atoms with van der Waals surface area (Å²) in [6.45, 7) is 5.75. The summed E-state index contributed by atoms with van der Waals surface area (Å²) < 4.78 is 1.32. The lowest BCUT2D eigenvalue weighted by molar-refractivity contribution is -0.121. The number of hydrogen-bond donors (Lipinski definition) is 2. The second kappa shape index (κ2) is 9.35. The first kappa shape index (κ1) is 21.2. The monoisotopic (exact) mass is 430 g/mol. The number of fused-ring (bicyclic) bond motifs is 3. The number of aromatic nitrogens is 2. The highest BCUT2D eigenvalue weighted by Gasteiger charge is 2.23. The molecule has 2 heterocycles. The van der Waals surface area contributed by atoms with E-state index in [4.69, 9.17) is 17.4 Å². The molecule has 1 amide bonds. The number of halogens is 1. The Balaban J connectivity index is 0.000000224. The second-order valence-electron chi connectivity index (χ2n) is 7.03. The molecular formula is C21H23ClN4O2S. The quantitative estimate of drug-likeness (QED) is 0.377. The fraction of sp³-hybridized carbons (Fsp3) is 0.286. The SMILES string of the molecule is C=Cc1ccc(Cl)cc1.CC1CCc2c(sc3ncn(CC(=O)NN)c(=O)c23)C1. The Morgan fingerprint density at radius 3 is 2.83 bits per heavy atom. The molecule has 152 valence electrons. The van der Waals surface area contributed by atoms with Gasteiger partial charge in [0.2, 0.25) is 0 Å². The van der Waals surface area contributed by atoms with E-state index in [2.05, 4.69) is 18.5 Å². The van der Waals surface area contributed by atoms with Crippen molar-refractivity contribution in [3.63, 3.8) is 0 Å². The van der Waals surface area contributed by atoms with E-state index in [9.17, 15) is 9.59 Å². The molecule has 0 fully saturated rings. The van der Waals surface area contributed by atoms with Crippen LogP contribution in [0.4, 0.5) is 0 Å². The Hall–Kier alpha value is -2.48. The van der Waals surface area contributed by atoms with Crippen LogP contribution in [0.2, 0.25) is 5.02 Å². The Kier molecular flexibility index (Phi) is 6.84. The third-order valence-corrected chi connectivity index (χ3v) is 6.28. The number of nitrogens with one attached hydrogen (secondary N) is 1. The van der Waals surface area contributed by atoms with Crippen molar-refractivity contribution < 1.29 is 4.79 Å². The van der Waals surface area contributed by atoms with Crippen molar-refractivity contribution in [2.24, 2.45) is 11.8 Å². The fourth-order valence-corrected chi connectivity index (χ4v) is 4.74. The number of thiophene rings is 1. The van der Waals surface area contributed by atoms with Crippen LogP contribution in [0.5, 0.6) is 0 Å². The van der Waals surface area contributed by atoms with Gasteiger partial charge in [-0.1, -0.05) is 43.3 Å². The number of amides is 1. The summed E-state index contributed by atoms with van der Waals surface area (Å²) in [4.78, 5) is 30.2. The topological polar surface area (TPSA) is 90.0 Å².